The van der Waals surface area contributed by atoms with Crippen LogP contribution in [0.5, 0.6) is 0 Å². The molecule has 0 bridgehead atoms. The third-order valence-electron chi connectivity index (χ3n) is 2.40. The fourth-order valence-corrected chi connectivity index (χ4v) is 1.18. The lowest BCUT2D eigenvalue weighted by Crippen LogP contribution is -2.61. The van der Waals surface area contributed by atoms with E-state index in [9.17, 15) is 24.3 Å². The van der Waals surface area contributed by atoms with E-state index >= 15 is 0 Å². The molecule has 0 spiro atoms. The molecule has 0 aromatic heterocycles. The lowest BCUT2D eigenvalue weighted by molar-refractivity contribution is -0.144. The van der Waals surface area contributed by atoms with Crippen LogP contribution in [0.3, 0.4) is 0 Å². The molecule has 0 heterocycles. The maximum Gasteiger partial charge on any atom is 0.328 e. The molecule has 0 radical (unpaired) electrons. The van der Waals surface area contributed by atoms with Crippen LogP contribution in [0.2, 0.25) is 0 Å². The van der Waals surface area contributed by atoms with Crippen molar-refractivity contribution in [1.82, 2.24) is 10.6 Å². The van der Waals surface area contributed by atoms with Crippen molar-refractivity contribution in [2.75, 3.05) is 6.61 Å². The Morgan fingerprint density at radius 2 is 1.64 bits per heavy atom. The summed E-state index contributed by atoms with van der Waals surface area (Å²) in [6, 6.07) is -4.56. The first-order valence-corrected chi connectivity index (χ1v) is 5.79. The Kier molecular flexibility index (Phi) is 9.67. The van der Waals surface area contributed by atoms with E-state index in [0.29, 0.717) is 0 Å². The van der Waals surface area contributed by atoms with Crippen molar-refractivity contribution in [2.24, 2.45) is 11.5 Å². The number of primary amides is 1. The van der Waals surface area contributed by atoms with Crippen LogP contribution in [0.1, 0.15) is 14.4 Å². The van der Waals surface area contributed by atoms with Crippen molar-refractivity contribution in [3.05, 3.63) is 0 Å². The molecule has 0 fully saturated rings. The molecule has 0 saturated heterocycles. The Morgan fingerprint density at radius 3 is 1.95 bits per heavy atom. The minimum atomic E-state index is -2.10. The van der Waals surface area contributed by atoms with Crippen molar-refractivity contribution in [2.45, 2.75) is 38.6 Å². The Balaban J connectivity index is 0. The molecular weight excluding hydrogens is 300 g/mol. The third-order valence-corrected chi connectivity index (χ3v) is 2.40. The number of hydrogen-bond acceptors (Lipinski definition) is 7. The van der Waals surface area contributed by atoms with Crippen molar-refractivity contribution >= 4 is 23.7 Å². The van der Waals surface area contributed by atoms with Crippen LogP contribution in [-0.4, -0.2) is 69.8 Å². The lowest BCUT2D eigenvalue weighted by atomic mass is 10.1. The summed E-state index contributed by atoms with van der Waals surface area (Å²) in [6.45, 7) is 0.358. The lowest BCUT2D eigenvalue weighted by Gasteiger charge is -2.23. The van der Waals surface area contributed by atoms with Crippen LogP contribution < -0.4 is 22.1 Å². The quantitative estimate of drug-likeness (QED) is 0.233. The second-order valence-electron chi connectivity index (χ2n) is 4.20. The Labute approximate surface area is 126 Å². The van der Waals surface area contributed by atoms with Crippen LogP contribution in [0.15, 0.2) is 0 Å². The average Bonchev–Trinajstić information content (AvgIpc) is 2.39. The molecule has 0 aliphatic carbocycles. The van der Waals surface area contributed by atoms with Gasteiger partial charge in [-0.3, -0.25) is 14.4 Å². The van der Waals surface area contributed by atoms with Gasteiger partial charge in [0.05, 0.1) is 12.6 Å². The zero-order valence-electron chi connectivity index (χ0n) is 11.1. The molecule has 0 aliphatic rings. The van der Waals surface area contributed by atoms with Gasteiger partial charge in [-0.25, -0.2) is 4.79 Å². The van der Waals surface area contributed by atoms with Gasteiger partial charge in [0.25, 0.3) is 0 Å². The van der Waals surface area contributed by atoms with Crippen molar-refractivity contribution in [1.29, 1.82) is 0 Å². The zero-order chi connectivity index (χ0) is 16.7. The predicted molar refractivity (Wildman–Crippen MR) is 74.2 cm³/mol. The fourth-order valence-electron chi connectivity index (χ4n) is 1.18. The molecule has 11 heteroatoms. The first-order chi connectivity index (χ1) is 9.61. The maximum atomic E-state index is 11.8. The average molecular weight is 322 g/mol. The van der Waals surface area contributed by atoms with Gasteiger partial charge in [0, 0.05) is 0 Å². The van der Waals surface area contributed by atoms with Crippen molar-refractivity contribution in [3.63, 3.8) is 0 Å². The van der Waals surface area contributed by atoms with Crippen LogP contribution >= 0.6 is 0 Å². The molecule has 128 valence electrons. The number of carboxylic acids is 1. The summed E-state index contributed by atoms with van der Waals surface area (Å²) in [5.74, 6) is -4.93. The highest BCUT2D eigenvalue weighted by Gasteiger charge is 2.34. The van der Waals surface area contributed by atoms with E-state index in [1.165, 1.54) is 6.92 Å². The van der Waals surface area contributed by atoms with Gasteiger partial charge < -0.3 is 37.4 Å². The molecular formula is C11H22N4O7. The summed E-state index contributed by atoms with van der Waals surface area (Å²) < 4.78 is 0. The summed E-state index contributed by atoms with van der Waals surface area (Å²) in [5.41, 5.74) is 10.1. The smallest absolute Gasteiger partial charge is 0.328 e. The molecule has 0 aliphatic heterocycles. The first-order valence-electron chi connectivity index (χ1n) is 5.79. The Bertz CT molecular complexity index is 427. The van der Waals surface area contributed by atoms with Gasteiger partial charge in [0.15, 0.2) is 6.10 Å². The number of amides is 3. The van der Waals surface area contributed by atoms with Crippen molar-refractivity contribution < 1.29 is 34.5 Å². The van der Waals surface area contributed by atoms with Gasteiger partial charge in [-0.1, -0.05) is 7.43 Å². The zero-order valence-corrected chi connectivity index (χ0v) is 11.1. The normalized spacial score (nSPS) is 15.5. The summed E-state index contributed by atoms with van der Waals surface area (Å²) in [4.78, 5) is 44.9. The fraction of sp³-hybridized carbons (Fsp3) is 0.636. The summed E-state index contributed by atoms with van der Waals surface area (Å²) in [7, 11) is 0. The Morgan fingerprint density at radius 1 is 1.14 bits per heavy atom. The number of aliphatic carboxylic acids is 1. The highest BCUT2D eigenvalue weighted by Crippen LogP contribution is 1.97. The second-order valence-corrected chi connectivity index (χ2v) is 4.20. The van der Waals surface area contributed by atoms with E-state index in [2.05, 4.69) is 0 Å². The molecule has 22 heavy (non-hydrogen) atoms. The van der Waals surface area contributed by atoms with Crippen LogP contribution in [0, 0.1) is 0 Å². The van der Waals surface area contributed by atoms with Gasteiger partial charge in [0.1, 0.15) is 12.1 Å². The van der Waals surface area contributed by atoms with Gasteiger partial charge >= 0.3 is 5.97 Å². The molecule has 4 atom stereocenters. The number of nitrogens with two attached hydrogens (primary N) is 2. The van der Waals surface area contributed by atoms with E-state index in [-0.39, 0.29) is 7.43 Å². The standard InChI is InChI=1S/C10H18N4O7.CH4/c1-3(11)8(18)14-5(6(16)7(12)17)9(19)13-4(2-15)10(20)21;/h3-6,15-16H,2,11H2,1H3,(H2,12,17)(H,13,19)(H,14,18)(H,20,21);1H4/t3-,4+,5?,6+;/m1./s1. The highest BCUT2D eigenvalue weighted by atomic mass is 16.4. The van der Waals surface area contributed by atoms with Crippen LogP contribution in [0.4, 0.5) is 0 Å². The number of aliphatic hydroxyl groups is 2. The van der Waals surface area contributed by atoms with Gasteiger partial charge in [0.2, 0.25) is 17.7 Å². The topological polar surface area (TPSA) is 205 Å². The maximum absolute atomic E-state index is 11.8. The van der Waals surface area contributed by atoms with Crippen LogP contribution in [0.25, 0.3) is 0 Å². The number of carbonyl (C=O) groups excluding carboxylic acids is 3. The van der Waals surface area contributed by atoms with E-state index in [1.54, 1.807) is 0 Å². The molecule has 0 rings (SSSR count). The second kappa shape index (κ2) is 9.65. The highest BCUT2D eigenvalue weighted by molar-refractivity contribution is 5.96. The van der Waals surface area contributed by atoms with Gasteiger partial charge in [-0.15, -0.1) is 0 Å². The van der Waals surface area contributed by atoms with E-state index in [4.69, 9.17) is 21.7 Å². The number of aliphatic hydroxyl groups excluding tert-OH is 2. The predicted octanol–water partition coefficient (Wildman–Crippen LogP) is -4.14. The molecule has 1 unspecified atom stereocenters. The first kappa shape index (κ1) is 22.0. The minimum Gasteiger partial charge on any atom is -0.480 e. The van der Waals surface area contributed by atoms with Crippen LogP contribution in [-0.2, 0) is 19.2 Å². The summed E-state index contributed by atoms with van der Waals surface area (Å²) in [6.07, 6.45) is -2.10. The van der Waals surface area contributed by atoms with E-state index < -0.39 is 54.5 Å². The summed E-state index contributed by atoms with van der Waals surface area (Å²) >= 11 is 0. The molecule has 3 amide bonds. The van der Waals surface area contributed by atoms with Gasteiger partial charge in [-0.05, 0) is 6.92 Å². The van der Waals surface area contributed by atoms with E-state index in [0.717, 1.165) is 0 Å². The largest absolute Gasteiger partial charge is 0.480 e. The number of nitrogens with one attached hydrogen (secondary N) is 2. The SMILES string of the molecule is C.C[C@@H](N)C(=O)NC(C(=O)N[C@@H](CO)C(=O)O)[C@H](O)C(N)=O. The number of carbonyl (C=O) groups is 4. The molecule has 0 aromatic carbocycles. The number of carboxylic acid groups (broad SMARTS) is 1. The molecule has 0 saturated carbocycles. The van der Waals surface area contributed by atoms with Gasteiger partial charge in [-0.2, -0.15) is 0 Å². The van der Waals surface area contributed by atoms with Crippen molar-refractivity contribution in [3.8, 4) is 0 Å². The third kappa shape index (κ3) is 6.47. The number of hydrogen-bond donors (Lipinski definition) is 7. The monoisotopic (exact) mass is 322 g/mol. The summed E-state index contributed by atoms with van der Waals surface area (Å²) in [5, 5.41) is 30.8. The number of rotatable bonds is 8. The Hall–Kier alpha value is -2.24. The molecule has 11 nitrogen and oxygen atoms in total. The molecule has 0 aromatic rings. The minimum absolute atomic E-state index is 0. The molecule has 9 N–H and O–H groups in total. The van der Waals surface area contributed by atoms with E-state index in [1.807, 2.05) is 10.6 Å².